The van der Waals surface area contributed by atoms with Crippen LogP contribution in [0.3, 0.4) is 0 Å². The fourth-order valence-corrected chi connectivity index (χ4v) is 2.18. The lowest BCUT2D eigenvalue weighted by Gasteiger charge is -2.10. The average molecular weight is 228 g/mol. The molecule has 1 heterocycles. The molecule has 0 aliphatic carbocycles. The number of rotatable bonds is 2. The van der Waals surface area contributed by atoms with Gasteiger partial charge in [0.15, 0.2) is 0 Å². The highest BCUT2D eigenvalue weighted by molar-refractivity contribution is 6.33. The SMILES string of the molecule is CNCc1cc2c(c(Cl)c1O)OC(C)C2. The Kier molecular flexibility index (Phi) is 2.76. The first-order valence-corrected chi connectivity index (χ1v) is 5.35. The van der Waals surface area contributed by atoms with Gasteiger partial charge in [-0.25, -0.2) is 0 Å². The van der Waals surface area contributed by atoms with E-state index in [0.717, 1.165) is 17.5 Å². The maximum atomic E-state index is 9.83. The molecule has 0 bridgehead atoms. The number of phenols is 1. The molecular weight excluding hydrogens is 214 g/mol. The molecule has 15 heavy (non-hydrogen) atoms. The number of halogens is 1. The van der Waals surface area contributed by atoms with Gasteiger partial charge in [-0.15, -0.1) is 0 Å². The second-order valence-electron chi connectivity index (χ2n) is 3.85. The second kappa shape index (κ2) is 3.91. The largest absolute Gasteiger partial charge is 0.506 e. The molecule has 0 amide bonds. The summed E-state index contributed by atoms with van der Waals surface area (Å²) in [6.45, 7) is 2.60. The molecule has 3 nitrogen and oxygen atoms in total. The van der Waals surface area contributed by atoms with E-state index in [0.29, 0.717) is 17.3 Å². The highest BCUT2D eigenvalue weighted by Crippen LogP contribution is 2.43. The van der Waals surface area contributed by atoms with Crippen LogP contribution in [-0.4, -0.2) is 18.3 Å². The normalized spacial score (nSPS) is 18.7. The third-order valence-corrected chi connectivity index (χ3v) is 2.90. The van der Waals surface area contributed by atoms with E-state index in [1.54, 1.807) is 0 Å². The second-order valence-corrected chi connectivity index (χ2v) is 4.23. The maximum Gasteiger partial charge on any atom is 0.145 e. The van der Waals surface area contributed by atoms with Gasteiger partial charge in [0, 0.05) is 18.5 Å². The zero-order valence-electron chi connectivity index (χ0n) is 8.80. The first-order chi connectivity index (χ1) is 7.13. The van der Waals surface area contributed by atoms with Crippen molar-refractivity contribution in [3.63, 3.8) is 0 Å². The number of aromatic hydroxyl groups is 1. The predicted octanol–water partition coefficient (Wildman–Crippen LogP) is 2.09. The molecule has 82 valence electrons. The summed E-state index contributed by atoms with van der Waals surface area (Å²) in [5, 5.41) is 13.2. The van der Waals surface area contributed by atoms with Gasteiger partial charge in [0.25, 0.3) is 0 Å². The van der Waals surface area contributed by atoms with E-state index in [-0.39, 0.29) is 11.9 Å². The smallest absolute Gasteiger partial charge is 0.145 e. The molecule has 1 aromatic carbocycles. The topological polar surface area (TPSA) is 41.5 Å². The Labute approximate surface area is 94.0 Å². The Bertz CT molecular complexity index is 392. The molecule has 2 rings (SSSR count). The quantitative estimate of drug-likeness (QED) is 0.813. The molecule has 2 N–H and O–H groups in total. The monoisotopic (exact) mass is 227 g/mol. The van der Waals surface area contributed by atoms with E-state index >= 15 is 0 Å². The Morgan fingerprint density at radius 1 is 1.67 bits per heavy atom. The summed E-state index contributed by atoms with van der Waals surface area (Å²) in [4.78, 5) is 0. The first kappa shape index (κ1) is 10.6. The van der Waals surface area contributed by atoms with Crippen LogP contribution >= 0.6 is 11.6 Å². The molecule has 1 aromatic rings. The van der Waals surface area contributed by atoms with Crippen LogP contribution in [0.1, 0.15) is 18.1 Å². The van der Waals surface area contributed by atoms with E-state index in [2.05, 4.69) is 5.32 Å². The standard InChI is InChI=1S/C11H14ClNO2/c1-6-3-7-4-8(5-13-2)10(14)9(12)11(7)15-6/h4,6,13-14H,3,5H2,1-2H3. The van der Waals surface area contributed by atoms with Crippen molar-refractivity contribution < 1.29 is 9.84 Å². The third kappa shape index (κ3) is 1.77. The van der Waals surface area contributed by atoms with Crippen molar-refractivity contribution in [3.05, 3.63) is 22.2 Å². The summed E-state index contributed by atoms with van der Waals surface area (Å²) >= 11 is 6.04. The summed E-state index contributed by atoms with van der Waals surface area (Å²) in [6, 6.07) is 1.95. The molecule has 0 saturated heterocycles. The van der Waals surface area contributed by atoms with Crippen molar-refractivity contribution in [1.29, 1.82) is 0 Å². The van der Waals surface area contributed by atoms with Crippen molar-refractivity contribution in [1.82, 2.24) is 5.32 Å². The lowest BCUT2D eigenvalue weighted by Crippen LogP contribution is -2.05. The maximum absolute atomic E-state index is 9.83. The van der Waals surface area contributed by atoms with E-state index in [4.69, 9.17) is 16.3 Å². The van der Waals surface area contributed by atoms with Crippen molar-refractivity contribution in [2.45, 2.75) is 26.0 Å². The minimum absolute atomic E-state index is 0.124. The summed E-state index contributed by atoms with van der Waals surface area (Å²) < 4.78 is 5.54. The number of hydrogen-bond donors (Lipinski definition) is 2. The van der Waals surface area contributed by atoms with Crippen LogP contribution < -0.4 is 10.1 Å². The van der Waals surface area contributed by atoms with Crippen LogP contribution in [0.25, 0.3) is 0 Å². The number of phenolic OH excluding ortho intramolecular Hbond substituents is 1. The van der Waals surface area contributed by atoms with Gasteiger partial charge in [0.2, 0.25) is 0 Å². The zero-order chi connectivity index (χ0) is 11.0. The molecule has 4 heteroatoms. The van der Waals surface area contributed by atoms with Gasteiger partial charge in [-0.2, -0.15) is 0 Å². The van der Waals surface area contributed by atoms with Gasteiger partial charge in [-0.3, -0.25) is 0 Å². The number of fused-ring (bicyclic) bond motifs is 1. The predicted molar refractivity (Wildman–Crippen MR) is 59.7 cm³/mol. The van der Waals surface area contributed by atoms with Crippen molar-refractivity contribution >= 4 is 11.6 Å². The van der Waals surface area contributed by atoms with Crippen molar-refractivity contribution in [3.8, 4) is 11.5 Å². The van der Waals surface area contributed by atoms with Crippen LogP contribution in [0.5, 0.6) is 11.5 Å². The van der Waals surface area contributed by atoms with Crippen LogP contribution in [0.2, 0.25) is 5.02 Å². The molecule has 0 fully saturated rings. The molecule has 0 radical (unpaired) electrons. The van der Waals surface area contributed by atoms with Gasteiger partial charge in [0.05, 0.1) is 0 Å². The zero-order valence-corrected chi connectivity index (χ0v) is 9.56. The van der Waals surface area contributed by atoms with Crippen molar-refractivity contribution in [2.75, 3.05) is 7.05 Å². The Morgan fingerprint density at radius 2 is 2.40 bits per heavy atom. The van der Waals surface area contributed by atoms with Gasteiger partial charge < -0.3 is 15.2 Å². The van der Waals surface area contributed by atoms with Crippen molar-refractivity contribution in [2.24, 2.45) is 0 Å². The minimum Gasteiger partial charge on any atom is -0.506 e. The molecule has 0 saturated carbocycles. The number of benzene rings is 1. The van der Waals surface area contributed by atoms with E-state index in [9.17, 15) is 5.11 Å². The lowest BCUT2D eigenvalue weighted by atomic mass is 10.1. The molecule has 0 aromatic heterocycles. The first-order valence-electron chi connectivity index (χ1n) is 4.98. The molecule has 1 unspecified atom stereocenters. The fourth-order valence-electron chi connectivity index (χ4n) is 1.89. The van der Waals surface area contributed by atoms with Gasteiger partial charge >= 0.3 is 0 Å². The third-order valence-electron chi connectivity index (χ3n) is 2.55. The van der Waals surface area contributed by atoms with Crippen LogP contribution in [-0.2, 0) is 13.0 Å². The summed E-state index contributed by atoms with van der Waals surface area (Å²) in [6.07, 6.45) is 0.994. The van der Waals surface area contributed by atoms with E-state index in [1.807, 2.05) is 20.0 Å². The molecular formula is C11H14ClNO2. The van der Waals surface area contributed by atoms with Crippen LogP contribution in [0, 0.1) is 0 Å². The fraction of sp³-hybridized carbons (Fsp3) is 0.455. The summed E-state index contributed by atoms with van der Waals surface area (Å²) in [7, 11) is 1.83. The average Bonchev–Trinajstić information content (AvgIpc) is 2.56. The molecule has 0 spiro atoms. The highest BCUT2D eigenvalue weighted by atomic mass is 35.5. The number of hydrogen-bond acceptors (Lipinski definition) is 3. The number of nitrogens with one attached hydrogen (secondary N) is 1. The Morgan fingerprint density at radius 3 is 3.07 bits per heavy atom. The van der Waals surface area contributed by atoms with Crippen LogP contribution in [0.15, 0.2) is 6.07 Å². The molecule has 1 aliphatic rings. The van der Waals surface area contributed by atoms with Gasteiger partial charge in [-0.1, -0.05) is 11.6 Å². The summed E-state index contributed by atoms with van der Waals surface area (Å²) in [5.41, 5.74) is 1.90. The Hall–Kier alpha value is -0.930. The highest BCUT2D eigenvalue weighted by Gasteiger charge is 2.25. The summed E-state index contributed by atoms with van der Waals surface area (Å²) in [5.74, 6) is 0.764. The van der Waals surface area contributed by atoms with Crippen LogP contribution in [0.4, 0.5) is 0 Å². The number of ether oxygens (including phenoxy) is 1. The van der Waals surface area contributed by atoms with E-state index < -0.39 is 0 Å². The molecule has 1 aliphatic heterocycles. The van der Waals surface area contributed by atoms with Gasteiger partial charge in [0.1, 0.15) is 22.6 Å². The van der Waals surface area contributed by atoms with Gasteiger partial charge in [-0.05, 0) is 25.6 Å². The minimum atomic E-state index is 0.124. The Balaban J connectivity index is 2.47. The lowest BCUT2D eigenvalue weighted by molar-refractivity contribution is 0.254. The molecule has 1 atom stereocenters. The van der Waals surface area contributed by atoms with E-state index in [1.165, 1.54) is 0 Å².